The number of carbonyl (C=O) groups excluding carboxylic acids is 11. The number of carbonyl (C=O) groups is 12. The molecule has 28 heteroatoms. The van der Waals surface area contributed by atoms with Gasteiger partial charge in [-0.15, -0.1) is 0 Å². The molecule has 2 aromatic rings. The van der Waals surface area contributed by atoms with Crippen molar-refractivity contribution in [3.63, 3.8) is 0 Å². The Bertz CT molecular complexity index is 2560. The number of aliphatic hydroxyl groups excluding tert-OH is 1. The zero-order chi connectivity index (χ0) is 59.4. The standard InChI is InChI=1S/C52H79N13O14S/c1-27(2)22-35(61-50(76)38-12-8-20-65(38)51(77)39-13-9-19-64(39)42(69)25-57-44(70)31(53)14-16-40(54)67)47(73)59-34(18-21-80-5)45(71)60-36(23-29-24-56-32-11-7-6-10-30(29)32)48(74)62-37(26-66)49(75)58-33(15-17-41(55)68)46(72)63-43(28(3)4)52(78)79/h6-7,10-11,24,27-28,31,33-39,43,56,66H,8-9,12-23,25-26,53H2,1-5H3,(H2,54,67)(H2,55,68)(H,57,70)(H,58,75)(H,59,73)(H,60,71)(H,61,76)(H,62,74)(H,63,72)(H,78,79)/t31-,33-,34-,35-,36-,37-,38-,39-,43-/m0/s1. The first kappa shape index (κ1) is 65.2. The normalized spacial score (nSPS) is 17.8. The maximum absolute atomic E-state index is 14.5. The number of thioether (sulfide) groups is 1. The maximum atomic E-state index is 14.5. The summed E-state index contributed by atoms with van der Waals surface area (Å²) < 4.78 is 0. The van der Waals surface area contributed by atoms with Crippen LogP contribution < -0.4 is 54.4 Å². The van der Waals surface area contributed by atoms with Crippen molar-refractivity contribution in [1.29, 1.82) is 0 Å². The fraction of sp³-hybridized carbons (Fsp3) is 0.615. The van der Waals surface area contributed by atoms with E-state index in [9.17, 15) is 67.7 Å². The predicted molar refractivity (Wildman–Crippen MR) is 293 cm³/mol. The van der Waals surface area contributed by atoms with Gasteiger partial charge in [-0.25, -0.2) is 4.79 Å². The van der Waals surface area contributed by atoms with Crippen molar-refractivity contribution < 1.29 is 67.7 Å². The number of fused-ring (bicyclic) bond motifs is 1. The molecule has 3 heterocycles. The number of rotatable bonds is 32. The summed E-state index contributed by atoms with van der Waals surface area (Å²) in [4.78, 5) is 165. The monoisotopic (exact) mass is 1140 g/mol. The summed E-state index contributed by atoms with van der Waals surface area (Å²) in [6.45, 7) is 5.68. The van der Waals surface area contributed by atoms with Gasteiger partial charge < -0.3 is 79.4 Å². The van der Waals surface area contributed by atoms with Gasteiger partial charge in [-0.2, -0.15) is 11.8 Å². The molecule has 1 aromatic carbocycles. The number of hydrogen-bond acceptors (Lipinski definition) is 15. The van der Waals surface area contributed by atoms with Crippen LogP contribution in [0, 0.1) is 11.8 Å². The van der Waals surface area contributed by atoms with Crippen LogP contribution in [0.2, 0.25) is 0 Å². The van der Waals surface area contributed by atoms with Crippen LogP contribution in [-0.2, 0) is 64.0 Å². The van der Waals surface area contributed by atoms with Crippen LogP contribution in [0.4, 0.5) is 0 Å². The number of nitrogens with one attached hydrogen (secondary N) is 8. The van der Waals surface area contributed by atoms with E-state index in [4.69, 9.17) is 17.2 Å². The Labute approximate surface area is 467 Å². The van der Waals surface area contributed by atoms with E-state index < -0.39 is 151 Å². The SMILES string of the molecule is CSCC[C@H](NC(=O)[C@H](CC(C)C)NC(=O)[C@@H]1CCCN1C(=O)[C@@H]1CCCN1C(=O)CNC(=O)[C@@H](N)CCC(N)=O)C(=O)N[C@@H](Cc1c[nH]c2ccccc12)C(=O)N[C@@H](CO)C(=O)N[C@@H](CCC(N)=O)C(=O)N[C@H](C(=O)O)C(C)C. The van der Waals surface area contributed by atoms with Crippen LogP contribution in [0.1, 0.15) is 97.5 Å². The van der Waals surface area contributed by atoms with Crippen LogP contribution in [0.25, 0.3) is 10.9 Å². The fourth-order valence-corrected chi connectivity index (χ4v) is 9.92. The zero-order valence-electron chi connectivity index (χ0n) is 45.9. The number of nitrogens with two attached hydrogens (primary N) is 3. The second kappa shape index (κ2) is 31.5. The molecule has 27 nitrogen and oxygen atoms in total. The van der Waals surface area contributed by atoms with Gasteiger partial charge in [0.1, 0.15) is 48.3 Å². The summed E-state index contributed by atoms with van der Waals surface area (Å²) in [5.41, 5.74) is 17.6. The lowest BCUT2D eigenvalue weighted by molar-refractivity contribution is -0.147. The van der Waals surface area contributed by atoms with Crippen LogP contribution in [-0.4, -0.2) is 189 Å². The molecular weight excluding hydrogens is 1060 g/mol. The van der Waals surface area contributed by atoms with E-state index in [0.717, 1.165) is 0 Å². The number of aromatic amines is 1. The van der Waals surface area contributed by atoms with Crippen molar-refractivity contribution in [3.8, 4) is 0 Å². The number of primary amides is 2. The molecular formula is C52H79N13O14S. The molecule has 80 heavy (non-hydrogen) atoms. The highest BCUT2D eigenvalue weighted by Gasteiger charge is 2.43. The van der Waals surface area contributed by atoms with Gasteiger partial charge in [-0.05, 0) is 86.8 Å². The Morgan fingerprint density at radius 3 is 1.85 bits per heavy atom. The number of benzene rings is 1. The Hall–Kier alpha value is -7.33. The lowest BCUT2D eigenvalue weighted by Gasteiger charge is -2.32. The van der Waals surface area contributed by atoms with Crippen LogP contribution in [0.5, 0.6) is 0 Å². The van der Waals surface area contributed by atoms with E-state index in [2.05, 4.69) is 42.2 Å². The molecule has 0 bridgehead atoms. The molecule has 0 saturated carbocycles. The van der Waals surface area contributed by atoms with Crippen LogP contribution in [0.3, 0.4) is 0 Å². The van der Waals surface area contributed by atoms with E-state index in [0.29, 0.717) is 41.5 Å². The summed E-state index contributed by atoms with van der Waals surface area (Å²) in [5, 5.41) is 38.6. The van der Waals surface area contributed by atoms with Crippen molar-refractivity contribution in [1.82, 2.24) is 52.0 Å². The van der Waals surface area contributed by atoms with E-state index in [1.165, 1.54) is 21.6 Å². The number of carboxylic acids is 1. The summed E-state index contributed by atoms with van der Waals surface area (Å²) in [6.07, 6.45) is 3.96. The van der Waals surface area contributed by atoms with Gasteiger partial charge >= 0.3 is 5.97 Å². The number of aliphatic carboxylic acids is 1. The molecule has 442 valence electrons. The van der Waals surface area contributed by atoms with E-state index >= 15 is 0 Å². The van der Waals surface area contributed by atoms with Gasteiger partial charge in [0.2, 0.25) is 65.0 Å². The molecule has 11 amide bonds. The number of likely N-dealkylation sites (tertiary alicyclic amines) is 2. The summed E-state index contributed by atoms with van der Waals surface area (Å²) in [6, 6.07) is -4.54. The van der Waals surface area contributed by atoms with Crippen molar-refractivity contribution in [3.05, 3.63) is 36.0 Å². The minimum Gasteiger partial charge on any atom is -0.480 e. The quantitative estimate of drug-likeness (QED) is 0.0350. The lowest BCUT2D eigenvalue weighted by atomic mass is 10.0. The van der Waals surface area contributed by atoms with Gasteiger partial charge in [-0.1, -0.05) is 45.9 Å². The largest absolute Gasteiger partial charge is 0.480 e. The molecule has 9 atom stereocenters. The number of para-hydroxylation sites is 1. The highest BCUT2D eigenvalue weighted by molar-refractivity contribution is 7.98. The number of amides is 11. The summed E-state index contributed by atoms with van der Waals surface area (Å²) >= 11 is 1.37. The van der Waals surface area contributed by atoms with Crippen molar-refractivity contribution in [2.75, 3.05) is 38.2 Å². The van der Waals surface area contributed by atoms with Gasteiger partial charge in [0.25, 0.3) is 0 Å². The molecule has 0 unspecified atom stereocenters. The van der Waals surface area contributed by atoms with Gasteiger partial charge in [0, 0.05) is 49.5 Å². The highest BCUT2D eigenvalue weighted by atomic mass is 32.2. The maximum Gasteiger partial charge on any atom is 0.326 e. The molecule has 2 fully saturated rings. The Kier molecular flexibility index (Phi) is 25.6. The molecule has 2 saturated heterocycles. The molecule has 0 aliphatic carbocycles. The fourth-order valence-electron chi connectivity index (χ4n) is 9.45. The third-order valence-corrected chi connectivity index (χ3v) is 14.5. The second-order valence-electron chi connectivity index (χ2n) is 20.8. The van der Waals surface area contributed by atoms with Crippen molar-refractivity contribution >= 4 is 93.6 Å². The number of hydrogen-bond donors (Lipinski definition) is 13. The average molecular weight is 1140 g/mol. The summed E-state index contributed by atoms with van der Waals surface area (Å²) in [7, 11) is 0. The third kappa shape index (κ3) is 19.2. The molecule has 0 spiro atoms. The van der Waals surface area contributed by atoms with Crippen molar-refractivity contribution in [2.45, 2.75) is 153 Å². The summed E-state index contributed by atoms with van der Waals surface area (Å²) in [5.74, 6) is -10.1. The smallest absolute Gasteiger partial charge is 0.326 e. The minimum atomic E-state index is -1.75. The molecule has 4 rings (SSSR count). The highest BCUT2D eigenvalue weighted by Crippen LogP contribution is 2.26. The Morgan fingerprint density at radius 2 is 1.24 bits per heavy atom. The van der Waals surface area contributed by atoms with Gasteiger partial charge in [0.05, 0.1) is 19.2 Å². The number of H-pyrrole nitrogens is 1. The van der Waals surface area contributed by atoms with E-state index in [1.54, 1.807) is 50.6 Å². The zero-order valence-corrected chi connectivity index (χ0v) is 46.7. The first-order valence-electron chi connectivity index (χ1n) is 26.8. The van der Waals surface area contributed by atoms with Crippen LogP contribution >= 0.6 is 11.8 Å². The molecule has 1 aromatic heterocycles. The molecule has 2 aliphatic rings. The van der Waals surface area contributed by atoms with Crippen molar-refractivity contribution in [2.24, 2.45) is 29.0 Å². The first-order valence-corrected chi connectivity index (χ1v) is 28.2. The van der Waals surface area contributed by atoms with E-state index in [-0.39, 0.29) is 64.0 Å². The predicted octanol–water partition coefficient (Wildman–Crippen LogP) is -2.89. The van der Waals surface area contributed by atoms with E-state index in [1.807, 2.05) is 13.8 Å². The van der Waals surface area contributed by atoms with Gasteiger partial charge in [0.15, 0.2) is 0 Å². The topological polar surface area (TPSA) is 430 Å². The molecule has 2 aliphatic heterocycles. The van der Waals surface area contributed by atoms with Gasteiger partial charge in [-0.3, -0.25) is 52.7 Å². The number of nitrogens with zero attached hydrogens (tertiary/aromatic N) is 2. The molecule has 16 N–H and O–H groups in total. The number of carboxylic acid groups (broad SMARTS) is 1. The Morgan fingerprint density at radius 1 is 0.688 bits per heavy atom. The molecule has 0 radical (unpaired) electrons. The second-order valence-corrected chi connectivity index (χ2v) is 21.8. The number of aliphatic hydroxyl groups is 1. The Balaban J connectivity index is 1.53. The average Bonchev–Trinajstić information content (AvgIpc) is 4.20. The number of aromatic nitrogens is 1. The first-order chi connectivity index (χ1) is 37.9. The minimum absolute atomic E-state index is 0.0186. The third-order valence-electron chi connectivity index (χ3n) is 13.8. The lowest BCUT2D eigenvalue weighted by Crippen LogP contribution is -2.61. The van der Waals surface area contributed by atoms with Crippen LogP contribution in [0.15, 0.2) is 30.5 Å².